The van der Waals surface area contributed by atoms with Crippen molar-refractivity contribution in [1.82, 2.24) is 4.90 Å². The zero-order chi connectivity index (χ0) is 15.3. The molecule has 0 aromatic heterocycles. The van der Waals surface area contributed by atoms with E-state index in [9.17, 15) is 4.79 Å². The summed E-state index contributed by atoms with van der Waals surface area (Å²) in [6.45, 7) is 5.97. The van der Waals surface area contributed by atoms with Gasteiger partial charge in [0.1, 0.15) is 0 Å². The van der Waals surface area contributed by atoms with Crippen molar-refractivity contribution in [2.75, 3.05) is 45.3 Å². The van der Waals surface area contributed by atoms with Crippen molar-refractivity contribution in [1.29, 1.82) is 0 Å². The van der Waals surface area contributed by atoms with Crippen molar-refractivity contribution in [3.63, 3.8) is 0 Å². The van der Waals surface area contributed by atoms with Crippen LogP contribution in [0.5, 0.6) is 0 Å². The van der Waals surface area contributed by atoms with Gasteiger partial charge in [0.05, 0.1) is 24.0 Å². The van der Waals surface area contributed by atoms with Crippen molar-refractivity contribution in [2.24, 2.45) is 5.41 Å². The molecule has 112 valence electrons. The Morgan fingerprint density at radius 2 is 2.05 bits per heavy atom. The average Bonchev–Trinajstić information content (AvgIpc) is 2.34. The lowest BCUT2D eigenvalue weighted by Crippen LogP contribution is -2.34. The second-order valence-electron chi connectivity index (χ2n) is 6.02. The van der Waals surface area contributed by atoms with Crippen molar-refractivity contribution in [3.05, 3.63) is 23.8 Å². The first-order valence-corrected chi connectivity index (χ1v) is 6.62. The molecule has 0 saturated carbocycles. The molecule has 0 amide bonds. The molecule has 0 atom stereocenters. The van der Waals surface area contributed by atoms with Crippen LogP contribution in [0.25, 0.3) is 0 Å². The number of methoxy groups -OCH3 is 1. The maximum Gasteiger partial charge on any atom is 0.340 e. The number of rotatable bonds is 6. The number of hydrogen-bond donors (Lipinski definition) is 2. The van der Waals surface area contributed by atoms with Crippen molar-refractivity contribution in [3.8, 4) is 0 Å². The molecular weight excluding hydrogens is 254 g/mol. The standard InChI is InChI=1S/C15H25N3O2/c1-15(2,10-18(3)4)9-17-13-11(14(19)20-5)7-6-8-12(13)16/h6-8,17H,9-10,16H2,1-5H3. The van der Waals surface area contributed by atoms with E-state index in [0.717, 1.165) is 6.54 Å². The fraction of sp³-hybridized carbons (Fsp3) is 0.533. The fourth-order valence-corrected chi connectivity index (χ4v) is 2.29. The van der Waals surface area contributed by atoms with Gasteiger partial charge in [0.2, 0.25) is 0 Å². The SMILES string of the molecule is COC(=O)c1cccc(N)c1NCC(C)(C)CN(C)C. The summed E-state index contributed by atoms with van der Waals surface area (Å²) in [5.74, 6) is -0.384. The van der Waals surface area contributed by atoms with E-state index in [1.807, 2.05) is 14.1 Å². The Morgan fingerprint density at radius 1 is 1.40 bits per heavy atom. The first-order chi connectivity index (χ1) is 9.26. The number of carbonyl (C=O) groups excluding carboxylic acids is 1. The van der Waals surface area contributed by atoms with Gasteiger partial charge >= 0.3 is 5.97 Å². The first kappa shape index (κ1) is 16.3. The lowest BCUT2D eigenvalue weighted by Gasteiger charge is -2.29. The van der Waals surface area contributed by atoms with Crippen molar-refractivity contribution in [2.45, 2.75) is 13.8 Å². The van der Waals surface area contributed by atoms with E-state index in [-0.39, 0.29) is 11.4 Å². The highest BCUT2D eigenvalue weighted by Gasteiger charge is 2.21. The summed E-state index contributed by atoms with van der Waals surface area (Å²) in [7, 11) is 5.45. The van der Waals surface area contributed by atoms with E-state index in [2.05, 4.69) is 24.1 Å². The van der Waals surface area contributed by atoms with E-state index in [4.69, 9.17) is 10.5 Å². The van der Waals surface area contributed by atoms with Gasteiger partial charge in [-0.1, -0.05) is 19.9 Å². The van der Waals surface area contributed by atoms with Crippen LogP contribution in [-0.4, -0.2) is 45.2 Å². The minimum atomic E-state index is -0.384. The third kappa shape index (κ3) is 4.42. The summed E-state index contributed by atoms with van der Waals surface area (Å²) in [6.07, 6.45) is 0. The number of carbonyl (C=O) groups is 1. The Kier molecular flexibility index (Phi) is 5.39. The predicted molar refractivity (Wildman–Crippen MR) is 83.0 cm³/mol. The van der Waals surface area contributed by atoms with E-state index in [1.165, 1.54) is 7.11 Å². The van der Waals surface area contributed by atoms with Gasteiger partial charge in [0.15, 0.2) is 0 Å². The third-order valence-corrected chi connectivity index (χ3v) is 2.99. The second kappa shape index (κ2) is 6.61. The van der Waals surface area contributed by atoms with Crippen molar-refractivity contribution < 1.29 is 9.53 Å². The molecule has 5 heteroatoms. The normalized spacial score (nSPS) is 11.5. The number of benzene rings is 1. The maximum absolute atomic E-state index is 11.8. The number of anilines is 2. The van der Waals surface area contributed by atoms with Crippen LogP contribution in [0.2, 0.25) is 0 Å². The zero-order valence-electron chi connectivity index (χ0n) is 13.0. The molecule has 0 radical (unpaired) electrons. The van der Waals surface area contributed by atoms with Crippen LogP contribution in [0.1, 0.15) is 24.2 Å². The maximum atomic E-state index is 11.8. The van der Waals surface area contributed by atoms with Gasteiger partial charge in [-0.15, -0.1) is 0 Å². The molecule has 0 spiro atoms. The number of nitrogen functional groups attached to an aromatic ring is 1. The summed E-state index contributed by atoms with van der Waals surface area (Å²) in [6, 6.07) is 5.23. The summed E-state index contributed by atoms with van der Waals surface area (Å²) in [4.78, 5) is 13.9. The molecule has 0 aliphatic heterocycles. The minimum absolute atomic E-state index is 0.0547. The van der Waals surface area contributed by atoms with Crippen LogP contribution < -0.4 is 11.1 Å². The highest BCUT2D eigenvalue weighted by atomic mass is 16.5. The lowest BCUT2D eigenvalue weighted by molar-refractivity contribution is 0.0601. The van der Waals surface area contributed by atoms with Gasteiger partial charge in [-0.05, 0) is 31.6 Å². The Morgan fingerprint density at radius 3 is 2.60 bits per heavy atom. The molecule has 20 heavy (non-hydrogen) atoms. The molecule has 1 aromatic rings. The van der Waals surface area contributed by atoms with Crippen LogP contribution in [0.15, 0.2) is 18.2 Å². The lowest BCUT2D eigenvalue weighted by atomic mass is 9.92. The number of ether oxygens (including phenoxy) is 1. The average molecular weight is 279 g/mol. The Balaban J connectivity index is 2.89. The third-order valence-electron chi connectivity index (χ3n) is 2.99. The predicted octanol–water partition coefficient (Wildman–Crippen LogP) is 2.06. The molecule has 0 saturated heterocycles. The first-order valence-electron chi connectivity index (χ1n) is 6.62. The minimum Gasteiger partial charge on any atom is -0.465 e. The van der Waals surface area contributed by atoms with Crippen LogP contribution in [0.4, 0.5) is 11.4 Å². The molecule has 1 aromatic carbocycles. The summed E-state index contributed by atoms with van der Waals surface area (Å²) >= 11 is 0. The zero-order valence-corrected chi connectivity index (χ0v) is 13.0. The van der Waals surface area contributed by atoms with Gasteiger partial charge in [-0.25, -0.2) is 4.79 Å². The Labute approximate surface area is 121 Å². The molecule has 0 aliphatic carbocycles. The fourth-order valence-electron chi connectivity index (χ4n) is 2.29. The molecule has 0 bridgehead atoms. The number of para-hydroxylation sites is 1. The van der Waals surface area contributed by atoms with E-state index >= 15 is 0 Å². The topological polar surface area (TPSA) is 67.6 Å². The smallest absolute Gasteiger partial charge is 0.340 e. The molecule has 5 nitrogen and oxygen atoms in total. The monoisotopic (exact) mass is 279 g/mol. The Hall–Kier alpha value is -1.75. The van der Waals surface area contributed by atoms with Gasteiger partial charge < -0.3 is 20.7 Å². The van der Waals surface area contributed by atoms with Crippen LogP contribution in [0, 0.1) is 5.41 Å². The summed E-state index contributed by atoms with van der Waals surface area (Å²) < 4.78 is 4.79. The molecule has 0 aliphatic rings. The highest BCUT2D eigenvalue weighted by molar-refractivity contribution is 5.98. The molecule has 0 fully saturated rings. The molecular formula is C15H25N3O2. The molecule has 0 unspecified atom stereocenters. The number of esters is 1. The van der Waals surface area contributed by atoms with E-state index < -0.39 is 0 Å². The van der Waals surface area contributed by atoms with Gasteiger partial charge in [0, 0.05) is 13.1 Å². The molecule has 1 rings (SSSR count). The van der Waals surface area contributed by atoms with E-state index in [0.29, 0.717) is 23.5 Å². The van der Waals surface area contributed by atoms with Crippen LogP contribution in [0.3, 0.4) is 0 Å². The summed E-state index contributed by atoms with van der Waals surface area (Å²) in [5, 5.41) is 3.29. The molecule has 3 N–H and O–H groups in total. The van der Waals surface area contributed by atoms with Gasteiger partial charge in [-0.3, -0.25) is 0 Å². The van der Waals surface area contributed by atoms with Crippen LogP contribution >= 0.6 is 0 Å². The number of nitrogens with zero attached hydrogens (tertiary/aromatic N) is 1. The summed E-state index contributed by atoms with van der Waals surface area (Å²) in [5.41, 5.74) is 7.68. The second-order valence-corrected chi connectivity index (χ2v) is 6.02. The van der Waals surface area contributed by atoms with E-state index in [1.54, 1.807) is 18.2 Å². The Bertz CT molecular complexity index is 470. The number of hydrogen-bond acceptors (Lipinski definition) is 5. The highest BCUT2D eigenvalue weighted by Crippen LogP contribution is 2.26. The number of nitrogens with two attached hydrogens (primary N) is 1. The molecule has 0 heterocycles. The van der Waals surface area contributed by atoms with Gasteiger partial charge in [0.25, 0.3) is 0 Å². The largest absolute Gasteiger partial charge is 0.465 e. The van der Waals surface area contributed by atoms with Crippen LogP contribution in [-0.2, 0) is 4.74 Å². The quantitative estimate of drug-likeness (QED) is 0.616. The van der Waals surface area contributed by atoms with Crippen molar-refractivity contribution >= 4 is 17.3 Å². The number of nitrogens with one attached hydrogen (secondary N) is 1. The van der Waals surface area contributed by atoms with Gasteiger partial charge in [-0.2, -0.15) is 0 Å².